The summed E-state index contributed by atoms with van der Waals surface area (Å²) in [6.07, 6.45) is 1.05. The Bertz CT molecular complexity index is 595. The Morgan fingerprint density at radius 3 is 2.95 bits per heavy atom. The normalized spacial score (nSPS) is 12.3. The molecule has 0 saturated heterocycles. The minimum atomic E-state index is -0.377. The van der Waals surface area contributed by atoms with Crippen LogP contribution in [-0.2, 0) is 6.42 Å². The fourth-order valence-corrected chi connectivity index (χ4v) is 3.14. The molecule has 0 fully saturated rings. The third-order valence-corrected chi connectivity index (χ3v) is 4.47. The molecule has 0 saturated carbocycles. The fraction of sp³-hybridized carbons (Fsp3) is 0.438. The molecule has 0 aliphatic heterocycles. The zero-order valence-corrected chi connectivity index (χ0v) is 13.3. The predicted octanol–water partition coefficient (Wildman–Crippen LogP) is 2.86. The number of hydrogen-bond acceptors (Lipinski definition) is 3. The van der Waals surface area contributed by atoms with Gasteiger partial charge in [0.05, 0.1) is 6.10 Å². The van der Waals surface area contributed by atoms with Crippen LogP contribution in [0.2, 0.25) is 0 Å². The molecule has 2 amide bonds. The van der Waals surface area contributed by atoms with E-state index in [9.17, 15) is 9.90 Å². The molecule has 2 rings (SSSR count). The van der Waals surface area contributed by atoms with Gasteiger partial charge in [-0.05, 0) is 42.2 Å². The van der Waals surface area contributed by atoms with Crippen molar-refractivity contribution in [3.05, 3.63) is 35.2 Å². The molecule has 114 valence electrons. The lowest BCUT2D eigenvalue weighted by Crippen LogP contribution is -2.39. The number of aliphatic hydroxyl groups excluding tert-OH is 1. The quantitative estimate of drug-likeness (QED) is 0.862. The highest BCUT2D eigenvalue weighted by atomic mass is 32.1. The maximum absolute atomic E-state index is 11.9. The van der Waals surface area contributed by atoms with E-state index in [-0.39, 0.29) is 12.1 Å². The van der Waals surface area contributed by atoms with E-state index in [2.05, 4.69) is 22.8 Å². The van der Waals surface area contributed by atoms with Crippen molar-refractivity contribution in [2.45, 2.75) is 25.9 Å². The maximum atomic E-state index is 11.9. The van der Waals surface area contributed by atoms with Crippen LogP contribution in [0.15, 0.2) is 29.6 Å². The third kappa shape index (κ3) is 4.44. The van der Waals surface area contributed by atoms with Crippen molar-refractivity contribution >= 4 is 27.5 Å². The monoisotopic (exact) mass is 306 g/mol. The SMILES string of the molecule is C[C@H](O)CCN(C)C(=O)NCCc1csc2ccccc12. The molecule has 0 aliphatic carbocycles. The van der Waals surface area contributed by atoms with E-state index in [0.717, 1.165) is 6.42 Å². The number of carbonyl (C=O) groups excluding carboxylic acids is 1. The fourth-order valence-electron chi connectivity index (χ4n) is 2.15. The first-order valence-electron chi connectivity index (χ1n) is 7.20. The van der Waals surface area contributed by atoms with Crippen molar-refractivity contribution in [3.8, 4) is 0 Å². The van der Waals surface area contributed by atoms with E-state index in [1.54, 1.807) is 30.2 Å². The molecule has 1 atom stereocenters. The summed E-state index contributed by atoms with van der Waals surface area (Å²) in [5, 5.41) is 15.6. The van der Waals surface area contributed by atoms with Gasteiger partial charge in [0.2, 0.25) is 0 Å². The Kier molecular flexibility index (Phi) is 5.59. The van der Waals surface area contributed by atoms with E-state index < -0.39 is 0 Å². The second-order valence-electron chi connectivity index (χ2n) is 5.30. The summed E-state index contributed by atoms with van der Waals surface area (Å²) in [6, 6.07) is 8.24. The molecule has 1 heterocycles. The molecule has 4 nitrogen and oxygen atoms in total. The molecule has 1 aromatic carbocycles. The highest BCUT2D eigenvalue weighted by molar-refractivity contribution is 7.17. The van der Waals surface area contributed by atoms with Crippen LogP contribution in [0.25, 0.3) is 10.1 Å². The largest absolute Gasteiger partial charge is 0.393 e. The first kappa shape index (κ1) is 15.8. The average Bonchev–Trinajstić information content (AvgIpc) is 2.88. The molecular weight excluding hydrogens is 284 g/mol. The number of benzene rings is 1. The van der Waals surface area contributed by atoms with Crippen LogP contribution in [0.1, 0.15) is 18.9 Å². The minimum Gasteiger partial charge on any atom is -0.393 e. The zero-order valence-electron chi connectivity index (χ0n) is 12.5. The van der Waals surface area contributed by atoms with Crippen LogP contribution in [0.3, 0.4) is 0 Å². The molecule has 0 unspecified atom stereocenters. The van der Waals surface area contributed by atoms with Gasteiger partial charge >= 0.3 is 6.03 Å². The van der Waals surface area contributed by atoms with Gasteiger partial charge in [-0.15, -0.1) is 11.3 Å². The number of nitrogens with zero attached hydrogens (tertiary/aromatic N) is 1. The van der Waals surface area contributed by atoms with Crippen LogP contribution in [-0.4, -0.2) is 42.3 Å². The van der Waals surface area contributed by atoms with Crippen molar-refractivity contribution in [2.75, 3.05) is 20.1 Å². The lowest BCUT2D eigenvalue weighted by atomic mass is 10.1. The number of amides is 2. The van der Waals surface area contributed by atoms with Gasteiger partial charge in [-0.2, -0.15) is 0 Å². The van der Waals surface area contributed by atoms with Gasteiger partial charge in [0.15, 0.2) is 0 Å². The molecule has 5 heteroatoms. The lowest BCUT2D eigenvalue weighted by Gasteiger charge is -2.18. The number of nitrogens with one attached hydrogen (secondary N) is 1. The molecule has 1 aromatic heterocycles. The van der Waals surface area contributed by atoms with E-state index in [1.807, 2.05) is 12.1 Å². The molecular formula is C16H22N2O2S. The third-order valence-electron chi connectivity index (χ3n) is 3.46. The lowest BCUT2D eigenvalue weighted by molar-refractivity contribution is 0.163. The van der Waals surface area contributed by atoms with Crippen LogP contribution in [0, 0.1) is 0 Å². The van der Waals surface area contributed by atoms with E-state index >= 15 is 0 Å². The van der Waals surface area contributed by atoms with Gasteiger partial charge in [-0.25, -0.2) is 4.79 Å². The number of carbonyl (C=O) groups is 1. The van der Waals surface area contributed by atoms with Gasteiger partial charge < -0.3 is 15.3 Å². The molecule has 21 heavy (non-hydrogen) atoms. The van der Waals surface area contributed by atoms with E-state index in [1.165, 1.54) is 15.6 Å². The molecule has 2 aromatic rings. The van der Waals surface area contributed by atoms with Crippen molar-refractivity contribution in [2.24, 2.45) is 0 Å². The maximum Gasteiger partial charge on any atom is 0.317 e. The van der Waals surface area contributed by atoms with Crippen molar-refractivity contribution in [1.82, 2.24) is 10.2 Å². The first-order valence-corrected chi connectivity index (χ1v) is 8.08. The van der Waals surface area contributed by atoms with Gasteiger partial charge in [0.1, 0.15) is 0 Å². The standard InChI is InChI=1S/C16H22N2O2S/c1-12(19)8-10-18(2)16(20)17-9-7-13-11-21-15-6-4-3-5-14(13)15/h3-6,11-12,19H,7-10H2,1-2H3,(H,17,20)/t12-/m0/s1. The predicted molar refractivity (Wildman–Crippen MR) is 87.9 cm³/mol. The smallest absolute Gasteiger partial charge is 0.317 e. The van der Waals surface area contributed by atoms with E-state index in [4.69, 9.17) is 0 Å². The van der Waals surface area contributed by atoms with Crippen molar-refractivity contribution < 1.29 is 9.90 Å². The molecule has 0 aliphatic rings. The zero-order chi connectivity index (χ0) is 15.2. The second-order valence-corrected chi connectivity index (χ2v) is 6.21. The van der Waals surface area contributed by atoms with Crippen LogP contribution < -0.4 is 5.32 Å². The van der Waals surface area contributed by atoms with E-state index in [0.29, 0.717) is 19.5 Å². The second kappa shape index (κ2) is 7.43. The summed E-state index contributed by atoms with van der Waals surface area (Å²) in [4.78, 5) is 13.5. The molecule has 0 spiro atoms. The molecule has 0 radical (unpaired) electrons. The van der Waals surface area contributed by atoms with Gasteiger partial charge in [-0.3, -0.25) is 0 Å². The number of rotatable bonds is 6. The van der Waals surface area contributed by atoms with Crippen LogP contribution in [0.4, 0.5) is 4.79 Å². The molecule has 2 N–H and O–H groups in total. The number of hydrogen-bond donors (Lipinski definition) is 2. The summed E-state index contributed by atoms with van der Waals surface area (Å²) < 4.78 is 1.29. The van der Waals surface area contributed by atoms with Gasteiger partial charge in [0.25, 0.3) is 0 Å². The highest BCUT2D eigenvalue weighted by Crippen LogP contribution is 2.25. The van der Waals surface area contributed by atoms with Crippen LogP contribution in [0.5, 0.6) is 0 Å². The Balaban J connectivity index is 1.80. The Hall–Kier alpha value is -1.59. The Morgan fingerprint density at radius 1 is 1.43 bits per heavy atom. The number of fused-ring (bicyclic) bond motifs is 1. The summed E-state index contributed by atoms with van der Waals surface area (Å²) >= 11 is 1.74. The summed E-state index contributed by atoms with van der Waals surface area (Å²) in [5.74, 6) is 0. The Morgan fingerprint density at radius 2 is 2.19 bits per heavy atom. The number of thiophene rings is 1. The average molecular weight is 306 g/mol. The number of aliphatic hydroxyl groups is 1. The number of urea groups is 1. The highest BCUT2D eigenvalue weighted by Gasteiger charge is 2.09. The summed E-state index contributed by atoms with van der Waals surface area (Å²) in [7, 11) is 1.75. The summed E-state index contributed by atoms with van der Waals surface area (Å²) in [5.41, 5.74) is 1.28. The topological polar surface area (TPSA) is 52.6 Å². The minimum absolute atomic E-state index is 0.0878. The van der Waals surface area contributed by atoms with Crippen LogP contribution >= 0.6 is 11.3 Å². The first-order chi connectivity index (χ1) is 10.1. The summed E-state index contributed by atoms with van der Waals surface area (Å²) in [6.45, 7) is 2.91. The van der Waals surface area contributed by atoms with Crippen molar-refractivity contribution in [3.63, 3.8) is 0 Å². The Labute approximate surface area is 129 Å². The van der Waals surface area contributed by atoms with Gasteiger partial charge in [0, 0.05) is 24.8 Å². The molecule has 0 bridgehead atoms. The van der Waals surface area contributed by atoms with Crippen molar-refractivity contribution in [1.29, 1.82) is 0 Å². The van der Waals surface area contributed by atoms with Gasteiger partial charge in [-0.1, -0.05) is 18.2 Å².